The van der Waals surface area contributed by atoms with E-state index in [2.05, 4.69) is 39.8 Å². The first-order chi connectivity index (χ1) is 12.9. The van der Waals surface area contributed by atoms with E-state index in [0.717, 1.165) is 36.1 Å². The van der Waals surface area contributed by atoms with Gasteiger partial charge < -0.3 is 4.84 Å². The Morgan fingerprint density at radius 1 is 1.04 bits per heavy atom. The van der Waals surface area contributed by atoms with Gasteiger partial charge in [0.25, 0.3) is 0 Å². The molecule has 2 aromatic carbocycles. The molecule has 0 aliphatic rings. The first-order valence-corrected chi connectivity index (χ1v) is 9.67. The number of hydrogen-bond acceptors (Lipinski definition) is 2. The van der Waals surface area contributed by atoms with Crippen LogP contribution >= 0.6 is 0 Å². The first kappa shape index (κ1) is 21.5. The maximum atomic E-state index is 14.3. The fourth-order valence-corrected chi connectivity index (χ4v) is 3.90. The molecule has 0 saturated heterocycles. The van der Waals surface area contributed by atoms with Gasteiger partial charge in [0.05, 0.1) is 7.11 Å². The Balaban J connectivity index is 2.42. The first-order valence-electron chi connectivity index (χ1n) is 9.67. The monoisotopic (exact) mass is 375 g/mol. The Labute approximate surface area is 162 Å². The van der Waals surface area contributed by atoms with Crippen LogP contribution in [0.1, 0.15) is 53.5 Å². The van der Waals surface area contributed by atoms with Gasteiger partial charge in [0.15, 0.2) is 0 Å². The molecule has 0 fully saturated rings. The predicted molar refractivity (Wildman–Crippen MR) is 107 cm³/mol. The molecule has 1 atom stereocenters. The van der Waals surface area contributed by atoms with E-state index < -0.39 is 11.6 Å². The lowest BCUT2D eigenvalue weighted by Gasteiger charge is -2.28. The third-order valence-corrected chi connectivity index (χ3v) is 5.10. The van der Waals surface area contributed by atoms with Crippen LogP contribution in [-0.4, -0.2) is 25.3 Å². The molecule has 2 rings (SSSR count). The second kappa shape index (κ2) is 9.95. The van der Waals surface area contributed by atoms with Gasteiger partial charge in [-0.15, -0.1) is 0 Å². The molecule has 4 heteroatoms. The molecule has 0 aromatic heterocycles. The number of rotatable bonds is 9. The van der Waals surface area contributed by atoms with Gasteiger partial charge in [0, 0.05) is 24.6 Å². The normalized spacial score (nSPS) is 12.6. The van der Waals surface area contributed by atoms with E-state index in [0.29, 0.717) is 13.0 Å². The van der Waals surface area contributed by atoms with E-state index in [4.69, 9.17) is 4.84 Å². The number of benzene rings is 2. The van der Waals surface area contributed by atoms with Crippen molar-refractivity contribution < 1.29 is 13.6 Å². The smallest absolute Gasteiger partial charge is 0.129 e. The van der Waals surface area contributed by atoms with Crippen LogP contribution in [0.3, 0.4) is 0 Å². The van der Waals surface area contributed by atoms with E-state index in [1.165, 1.54) is 23.8 Å². The summed E-state index contributed by atoms with van der Waals surface area (Å²) in [4.78, 5) is 5.55. The molecule has 0 bridgehead atoms. The topological polar surface area (TPSA) is 12.5 Å². The molecule has 0 amide bonds. The summed E-state index contributed by atoms with van der Waals surface area (Å²) in [5.74, 6) is -1.03. The average Bonchev–Trinajstić information content (AvgIpc) is 2.60. The van der Waals surface area contributed by atoms with Gasteiger partial charge in [-0.05, 0) is 62.4 Å². The zero-order valence-electron chi connectivity index (χ0n) is 17.1. The second-order valence-corrected chi connectivity index (χ2v) is 7.34. The van der Waals surface area contributed by atoms with Crippen LogP contribution in [0.25, 0.3) is 0 Å². The van der Waals surface area contributed by atoms with Gasteiger partial charge in [-0.25, -0.2) is 8.78 Å². The molecule has 0 saturated carbocycles. The molecule has 148 valence electrons. The highest BCUT2D eigenvalue weighted by Crippen LogP contribution is 2.31. The van der Waals surface area contributed by atoms with E-state index in [1.54, 1.807) is 7.11 Å². The Kier molecular flexibility index (Phi) is 7.93. The number of nitrogens with zero attached hydrogens (tertiary/aromatic N) is 1. The number of aryl methyl sites for hydroxylation is 3. The summed E-state index contributed by atoms with van der Waals surface area (Å²) >= 11 is 0. The van der Waals surface area contributed by atoms with E-state index in [9.17, 15) is 8.78 Å². The lowest BCUT2D eigenvalue weighted by atomic mass is 9.85. The van der Waals surface area contributed by atoms with Gasteiger partial charge in [0.2, 0.25) is 0 Å². The van der Waals surface area contributed by atoms with E-state index in [-0.39, 0.29) is 11.5 Å². The van der Waals surface area contributed by atoms with Gasteiger partial charge >= 0.3 is 0 Å². The quantitative estimate of drug-likeness (QED) is 0.508. The molecule has 2 nitrogen and oxygen atoms in total. The van der Waals surface area contributed by atoms with Crippen molar-refractivity contribution in [1.29, 1.82) is 0 Å². The summed E-state index contributed by atoms with van der Waals surface area (Å²) in [6.45, 7) is 9.74. The van der Waals surface area contributed by atoms with Crippen molar-refractivity contribution in [2.24, 2.45) is 0 Å². The molecule has 0 N–H and O–H groups in total. The average molecular weight is 376 g/mol. The van der Waals surface area contributed by atoms with Crippen LogP contribution in [0.2, 0.25) is 0 Å². The minimum absolute atomic E-state index is 0.0613. The van der Waals surface area contributed by atoms with Crippen molar-refractivity contribution in [2.75, 3.05) is 20.2 Å². The Bertz CT molecular complexity index is 717. The molecule has 0 aliphatic heterocycles. The fraction of sp³-hybridized carbons (Fsp3) is 0.478. The Morgan fingerprint density at radius 3 is 2.15 bits per heavy atom. The minimum Gasteiger partial charge on any atom is -0.302 e. The van der Waals surface area contributed by atoms with Gasteiger partial charge in [0.1, 0.15) is 11.6 Å². The van der Waals surface area contributed by atoms with Crippen LogP contribution in [0.15, 0.2) is 30.3 Å². The molecule has 1 unspecified atom stereocenters. The van der Waals surface area contributed by atoms with Crippen molar-refractivity contribution in [3.05, 3.63) is 69.8 Å². The van der Waals surface area contributed by atoms with E-state index in [1.807, 2.05) is 5.06 Å². The van der Waals surface area contributed by atoms with Crippen molar-refractivity contribution >= 4 is 0 Å². The fourth-order valence-electron chi connectivity index (χ4n) is 3.90. The number of unbranched alkanes of at least 4 members (excludes halogenated alkanes) is 1. The summed E-state index contributed by atoms with van der Waals surface area (Å²) < 4.78 is 28.7. The maximum absolute atomic E-state index is 14.3. The van der Waals surface area contributed by atoms with Gasteiger partial charge in [-0.2, -0.15) is 5.06 Å². The Hall–Kier alpha value is -1.78. The lowest BCUT2D eigenvalue weighted by Crippen LogP contribution is -2.30. The standard InChI is InChI=1S/C23H31F2NO/c1-6-7-11-26(27-5)15-19(14-20-21(24)9-8-10-22(20)25)23-17(3)12-16(2)13-18(23)4/h8-10,12-13,19H,6-7,11,14-15H2,1-5H3. The SMILES string of the molecule is CCCCN(CC(Cc1c(F)cccc1F)c1c(C)cc(C)cc1C)OC. The number of hydrogen-bond donors (Lipinski definition) is 0. The highest BCUT2D eigenvalue weighted by atomic mass is 19.1. The molecular weight excluding hydrogens is 344 g/mol. The summed E-state index contributed by atoms with van der Waals surface area (Å²) in [7, 11) is 1.66. The zero-order chi connectivity index (χ0) is 20.0. The van der Waals surface area contributed by atoms with Gasteiger partial charge in [-0.3, -0.25) is 0 Å². The molecule has 0 radical (unpaired) electrons. The molecule has 2 aromatic rings. The number of halogens is 2. The summed E-state index contributed by atoms with van der Waals surface area (Å²) in [5, 5.41) is 1.91. The van der Waals surface area contributed by atoms with Crippen LogP contribution in [-0.2, 0) is 11.3 Å². The highest BCUT2D eigenvalue weighted by molar-refractivity contribution is 5.41. The number of hydroxylamine groups is 2. The third-order valence-electron chi connectivity index (χ3n) is 5.10. The summed E-state index contributed by atoms with van der Waals surface area (Å²) in [6.07, 6.45) is 2.38. The van der Waals surface area contributed by atoms with Crippen LogP contribution in [0.4, 0.5) is 8.78 Å². The van der Waals surface area contributed by atoms with Crippen LogP contribution < -0.4 is 0 Å². The summed E-state index contributed by atoms with van der Waals surface area (Å²) in [5.41, 5.74) is 4.80. The Morgan fingerprint density at radius 2 is 1.63 bits per heavy atom. The molecule has 0 heterocycles. The van der Waals surface area contributed by atoms with E-state index >= 15 is 0 Å². The third kappa shape index (κ3) is 5.60. The molecular formula is C23H31F2NO. The summed E-state index contributed by atoms with van der Waals surface area (Å²) in [6, 6.07) is 8.34. The maximum Gasteiger partial charge on any atom is 0.129 e. The van der Waals surface area contributed by atoms with Crippen LogP contribution in [0, 0.1) is 32.4 Å². The lowest BCUT2D eigenvalue weighted by molar-refractivity contribution is -0.135. The van der Waals surface area contributed by atoms with Crippen molar-refractivity contribution in [1.82, 2.24) is 5.06 Å². The predicted octanol–water partition coefficient (Wildman–Crippen LogP) is 5.88. The van der Waals surface area contributed by atoms with Crippen molar-refractivity contribution in [3.63, 3.8) is 0 Å². The highest BCUT2D eigenvalue weighted by Gasteiger charge is 2.23. The second-order valence-electron chi connectivity index (χ2n) is 7.34. The zero-order valence-corrected chi connectivity index (χ0v) is 17.1. The molecule has 0 spiro atoms. The van der Waals surface area contributed by atoms with Crippen LogP contribution in [0.5, 0.6) is 0 Å². The van der Waals surface area contributed by atoms with Gasteiger partial charge in [-0.1, -0.05) is 37.1 Å². The minimum atomic E-state index is -0.486. The largest absolute Gasteiger partial charge is 0.302 e. The van der Waals surface area contributed by atoms with Crippen molar-refractivity contribution in [3.8, 4) is 0 Å². The molecule has 27 heavy (non-hydrogen) atoms. The van der Waals surface area contributed by atoms with Crippen molar-refractivity contribution in [2.45, 2.75) is 52.9 Å². The molecule has 0 aliphatic carbocycles.